The van der Waals surface area contributed by atoms with E-state index in [1.807, 2.05) is 12.2 Å². The Morgan fingerprint density at radius 3 is 2.50 bits per heavy atom. The SMILES string of the molecule is C[Si](C)(C)CC=CCC1([N+](=O)[O-])CCCCC1=O. The summed E-state index contributed by atoms with van der Waals surface area (Å²) in [4.78, 5) is 22.8. The van der Waals surface area contributed by atoms with Crippen molar-refractivity contribution in [1.82, 2.24) is 0 Å². The molecular weight excluding hydrogens is 246 g/mol. The molecule has 0 N–H and O–H groups in total. The maximum atomic E-state index is 11.9. The van der Waals surface area contributed by atoms with E-state index in [4.69, 9.17) is 0 Å². The molecule has 4 nitrogen and oxygen atoms in total. The van der Waals surface area contributed by atoms with E-state index in [1.165, 1.54) is 0 Å². The third-order valence-electron chi connectivity index (χ3n) is 3.47. The summed E-state index contributed by atoms with van der Waals surface area (Å²) in [6, 6.07) is 1.01. The van der Waals surface area contributed by atoms with Crippen LogP contribution >= 0.6 is 0 Å². The first-order chi connectivity index (χ1) is 8.28. The second-order valence-corrected chi connectivity index (χ2v) is 11.9. The Bertz CT molecular complexity index is 360. The number of carbonyl (C=O) groups excluding carboxylic acids is 1. The van der Waals surface area contributed by atoms with Gasteiger partial charge in [0.25, 0.3) is 5.54 Å². The Kier molecular flexibility index (Phi) is 4.84. The lowest BCUT2D eigenvalue weighted by Gasteiger charge is -2.26. The average molecular weight is 269 g/mol. The molecule has 0 amide bonds. The van der Waals surface area contributed by atoms with Crippen LogP contribution in [-0.2, 0) is 4.79 Å². The van der Waals surface area contributed by atoms with Crippen LogP contribution in [0.5, 0.6) is 0 Å². The van der Waals surface area contributed by atoms with Crippen LogP contribution in [-0.4, -0.2) is 24.3 Å². The maximum absolute atomic E-state index is 11.9. The summed E-state index contributed by atoms with van der Waals surface area (Å²) in [6.07, 6.45) is 6.49. The van der Waals surface area contributed by atoms with Crippen molar-refractivity contribution in [3.63, 3.8) is 0 Å². The topological polar surface area (TPSA) is 60.2 Å². The van der Waals surface area contributed by atoms with Gasteiger partial charge in [-0.2, -0.15) is 0 Å². The summed E-state index contributed by atoms with van der Waals surface area (Å²) in [5.41, 5.74) is -1.33. The molecule has 1 saturated carbocycles. The molecular formula is C13H23NO3Si. The number of hydrogen-bond acceptors (Lipinski definition) is 3. The number of hydrogen-bond donors (Lipinski definition) is 0. The number of carbonyl (C=O) groups is 1. The fourth-order valence-corrected chi connectivity index (χ4v) is 3.15. The molecule has 0 bridgehead atoms. The van der Waals surface area contributed by atoms with Crippen LogP contribution in [0.3, 0.4) is 0 Å². The molecule has 18 heavy (non-hydrogen) atoms. The highest BCUT2D eigenvalue weighted by atomic mass is 28.3. The lowest BCUT2D eigenvalue weighted by Crippen LogP contribution is -2.48. The molecule has 0 aromatic rings. The first kappa shape index (κ1) is 15.1. The molecule has 1 rings (SSSR count). The van der Waals surface area contributed by atoms with Gasteiger partial charge in [-0.15, -0.1) is 0 Å². The summed E-state index contributed by atoms with van der Waals surface area (Å²) < 4.78 is 0. The lowest BCUT2D eigenvalue weighted by atomic mass is 9.78. The van der Waals surface area contributed by atoms with Gasteiger partial charge in [0.1, 0.15) is 0 Å². The highest BCUT2D eigenvalue weighted by Gasteiger charge is 2.50. The smallest absolute Gasteiger partial charge is 0.282 e. The van der Waals surface area contributed by atoms with Crippen molar-refractivity contribution in [3.8, 4) is 0 Å². The van der Waals surface area contributed by atoms with Crippen molar-refractivity contribution in [3.05, 3.63) is 22.3 Å². The number of nitro groups is 1. The molecule has 1 atom stereocenters. The summed E-state index contributed by atoms with van der Waals surface area (Å²) in [5.74, 6) is -0.184. The van der Waals surface area contributed by atoms with E-state index >= 15 is 0 Å². The van der Waals surface area contributed by atoms with E-state index in [1.54, 1.807) is 0 Å². The summed E-state index contributed by atoms with van der Waals surface area (Å²) >= 11 is 0. The minimum atomic E-state index is -1.33. The van der Waals surface area contributed by atoms with Gasteiger partial charge < -0.3 is 0 Å². The van der Waals surface area contributed by atoms with Gasteiger partial charge in [0.2, 0.25) is 5.78 Å². The first-order valence-corrected chi connectivity index (χ1v) is 10.3. The van der Waals surface area contributed by atoms with Gasteiger partial charge in [-0.3, -0.25) is 14.9 Å². The van der Waals surface area contributed by atoms with Gasteiger partial charge in [0.05, 0.1) is 0 Å². The quantitative estimate of drug-likeness (QED) is 0.332. The van der Waals surface area contributed by atoms with E-state index in [0.717, 1.165) is 18.9 Å². The molecule has 0 heterocycles. The number of Topliss-reactive ketones (excluding diaryl/α,β-unsaturated/α-hetero) is 1. The lowest BCUT2D eigenvalue weighted by molar-refractivity contribution is -0.553. The molecule has 0 aromatic heterocycles. The van der Waals surface area contributed by atoms with Gasteiger partial charge in [-0.05, 0) is 18.9 Å². The highest BCUT2D eigenvalue weighted by Crippen LogP contribution is 2.31. The zero-order valence-electron chi connectivity index (χ0n) is 11.6. The molecule has 1 aliphatic carbocycles. The molecule has 1 aliphatic rings. The second kappa shape index (κ2) is 5.78. The number of rotatable bonds is 5. The van der Waals surface area contributed by atoms with E-state index < -0.39 is 13.6 Å². The molecule has 0 aliphatic heterocycles. The standard InChI is InChI=1S/C13H23NO3Si/c1-18(2,3)11-7-6-10-13(14(16)17)9-5-4-8-12(13)15/h6-7H,4-5,8-11H2,1-3H3. The first-order valence-electron chi connectivity index (χ1n) is 6.61. The zero-order chi connectivity index (χ0) is 13.8. The van der Waals surface area contributed by atoms with Gasteiger partial charge >= 0.3 is 0 Å². The van der Waals surface area contributed by atoms with Crippen LogP contribution < -0.4 is 0 Å². The zero-order valence-corrected chi connectivity index (χ0v) is 12.6. The van der Waals surface area contributed by atoms with Gasteiger partial charge in [0, 0.05) is 32.3 Å². The van der Waals surface area contributed by atoms with Crippen molar-refractivity contribution in [1.29, 1.82) is 0 Å². The Labute approximate surface area is 110 Å². The largest absolute Gasteiger partial charge is 0.292 e. The predicted molar refractivity (Wildman–Crippen MR) is 75.1 cm³/mol. The van der Waals surface area contributed by atoms with Crippen LogP contribution in [0.25, 0.3) is 0 Å². The van der Waals surface area contributed by atoms with Crippen LogP contribution in [0.1, 0.15) is 32.1 Å². The van der Waals surface area contributed by atoms with Crippen LogP contribution in [0, 0.1) is 10.1 Å². The highest BCUT2D eigenvalue weighted by molar-refractivity contribution is 6.76. The molecule has 5 heteroatoms. The summed E-state index contributed by atoms with van der Waals surface area (Å²) in [6.45, 7) is 6.77. The Morgan fingerprint density at radius 1 is 1.33 bits per heavy atom. The summed E-state index contributed by atoms with van der Waals surface area (Å²) in [5, 5.41) is 11.2. The van der Waals surface area contributed by atoms with Crippen molar-refractivity contribution in [2.45, 2.75) is 63.3 Å². The molecule has 1 unspecified atom stereocenters. The normalized spacial score (nSPS) is 25.6. The van der Waals surface area contributed by atoms with Crippen molar-refractivity contribution >= 4 is 13.9 Å². The second-order valence-electron chi connectivity index (χ2n) is 6.36. The van der Waals surface area contributed by atoms with Crippen LogP contribution in [0.4, 0.5) is 0 Å². The van der Waals surface area contributed by atoms with Crippen molar-refractivity contribution in [2.75, 3.05) is 0 Å². The van der Waals surface area contributed by atoms with E-state index in [0.29, 0.717) is 12.8 Å². The number of ketones is 1. The third-order valence-corrected chi connectivity index (χ3v) is 4.93. The van der Waals surface area contributed by atoms with E-state index in [9.17, 15) is 14.9 Å². The Balaban J connectivity index is 2.69. The minimum Gasteiger partial charge on any atom is -0.292 e. The van der Waals surface area contributed by atoms with E-state index in [-0.39, 0.29) is 17.1 Å². The minimum absolute atomic E-state index is 0.184. The van der Waals surface area contributed by atoms with Crippen LogP contribution in [0.2, 0.25) is 25.7 Å². The third kappa shape index (κ3) is 3.76. The molecule has 1 fully saturated rings. The molecule has 102 valence electrons. The van der Waals surface area contributed by atoms with E-state index in [2.05, 4.69) is 19.6 Å². The maximum Gasteiger partial charge on any atom is 0.282 e. The Morgan fingerprint density at radius 2 is 2.00 bits per heavy atom. The number of nitrogens with zero attached hydrogens (tertiary/aromatic N) is 1. The number of allylic oxidation sites excluding steroid dienone is 1. The molecule has 0 saturated heterocycles. The van der Waals surface area contributed by atoms with Gasteiger partial charge in [-0.25, -0.2) is 0 Å². The fraction of sp³-hybridized carbons (Fsp3) is 0.769. The Hall–Kier alpha value is -0.973. The summed E-state index contributed by atoms with van der Waals surface area (Å²) in [7, 11) is -1.15. The van der Waals surface area contributed by atoms with Crippen LogP contribution in [0.15, 0.2) is 12.2 Å². The van der Waals surface area contributed by atoms with Crippen molar-refractivity contribution in [2.24, 2.45) is 0 Å². The molecule has 0 radical (unpaired) electrons. The monoisotopic (exact) mass is 269 g/mol. The average Bonchev–Trinajstić information content (AvgIpc) is 2.25. The van der Waals surface area contributed by atoms with Crippen molar-refractivity contribution < 1.29 is 9.72 Å². The van der Waals surface area contributed by atoms with Gasteiger partial charge in [0.15, 0.2) is 0 Å². The predicted octanol–water partition coefficient (Wildman–Crippen LogP) is 3.43. The fourth-order valence-electron chi connectivity index (χ4n) is 2.27. The molecule has 0 spiro atoms. The van der Waals surface area contributed by atoms with Gasteiger partial charge in [-0.1, -0.05) is 31.8 Å². The molecule has 0 aromatic carbocycles.